The van der Waals surface area contributed by atoms with E-state index in [2.05, 4.69) is 6.58 Å². The van der Waals surface area contributed by atoms with Crippen molar-refractivity contribution in [1.82, 2.24) is 0 Å². The van der Waals surface area contributed by atoms with Gasteiger partial charge in [-0.3, -0.25) is 4.79 Å². The fourth-order valence-electron chi connectivity index (χ4n) is 1.34. The molecule has 78 valence electrons. The Morgan fingerprint density at radius 1 is 1.47 bits per heavy atom. The van der Waals surface area contributed by atoms with Crippen molar-refractivity contribution in [2.45, 2.75) is 13.8 Å². The van der Waals surface area contributed by atoms with Crippen LogP contribution >= 0.6 is 0 Å². The van der Waals surface area contributed by atoms with E-state index in [9.17, 15) is 4.79 Å². The Hall–Kier alpha value is -1.83. The number of aryl methyl sites for hydroxylation is 1. The van der Waals surface area contributed by atoms with Crippen LogP contribution in [0.25, 0.3) is 5.57 Å². The smallest absolute Gasteiger partial charge is 0.298 e. The third-order valence-electron chi connectivity index (χ3n) is 2.02. The molecule has 0 atom stereocenters. The summed E-state index contributed by atoms with van der Waals surface area (Å²) in [6.45, 7) is 8.24. The SMILES string of the molecule is C=C(C=CC)c1cc(C)ccc1OC=O. The van der Waals surface area contributed by atoms with Gasteiger partial charge in [0.25, 0.3) is 6.47 Å². The van der Waals surface area contributed by atoms with E-state index >= 15 is 0 Å². The second-order valence-corrected chi connectivity index (χ2v) is 3.24. The predicted octanol–water partition coefficient (Wildman–Crippen LogP) is 3.12. The van der Waals surface area contributed by atoms with Crippen molar-refractivity contribution in [3.05, 3.63) is 48.1 Å². The zero-order valence-corrected chi connectivity index (χ0v) is 8.99. The molecule has 0 fully saturated rings. The van der Waals surface area contributed by atoms with Crippen LogP contribution in [0.4, 0.5) is 0 Å². The molecule has 1 aromatic carbocycles. The second-order valence-electron chi connectivity index (χ2n) is 3.24. The number of rotatable bonds is 4. The van der Waals surface area contributed by atoms with Crippen molar-refractivity contribution >= 4 is 12.0 Å². The maximum atomic E-state index is 10.3. The van der Waals surface area contributed by atoms with Gasteiger partial charge in [-0.05, 0) is 31.6 Å². The van der Waals surface area contributed by atoms with Crippen LogP contribution in [-0.2, 0) is 4.79 Å². The van der Waals surface area contributed by atoms with Crippen LogP contribution in [0.2, 0.25) is 0 Å². The minimum absolute atomic E-state index is 0.428. The highest BCUT2D eigenvalue weighted by Crippen LogP contribution is 2.26. The highest BCUT2D eigenvalue weighted by Gasteiger charge is 2.05. The largest absolute Gasteiger partial charge is 0.428 e. The molecule has 0 aliphatic rings. The molecule has 0 aliphatic carbocycles. The lowest BCUT2D eigenvalue weighted by Crippen LogP contribution is -1.94. The first-order valence-electron chi connectivity index (χ1n) is 4.72. The summed E-state index contributed by atoms with van der Waals surface area (Å²) in [5.41, 5.74) is 2.78. The molecule has 0 spiro atoms. The van der Waals surface area contributed by atoms with Crippen LogP contribution in [0.5, 0.6) is 5.75 Å². The van der Waals surface area contributed by atoms with Crippen LogP contribution in [-0.4, -0.2) is 6.47 Å². The van der Waals surface area contributed by atoms with Crippen molar-refractivity contribution in [3.63, 3.8) is 0 Å². The summed E-state index contributed by atoms with van der Waals surface area (Å²) in [7, 11) is 0. The summed E-state index contributed by atoms with van der Waals surface area (Å²) in [5.74, 6) is 0.540. The maximum Gasteiger partial charge on any atom is 0.298 e. The lowest BCUT2D eigenvalue weighted by Gasteiger charge is -2.08. The highest BCUT2D eigenvalue weighted by atomic mass is 16.5. The van der Waals surface area contributed by atoms with E-state index in [-0.39, 0.29) is 0 Å². The zero-order chi connectivity index (χ0) is 11.3. The van der Waals surface area contributed by atoms with Gasteiger partial charge in [-0.2, -0.15) is 0 Å². The van der Waals surface area contributed by atoms with Gasteiger partial charge in [0.05, 0.1) is 0 Å². The molecule has 0 unspecified atom stereocenters. The Balaban J connectivity index is 3.17. The molecule has 2 nitrogen and oxygen atoms in total. The number of carbonyl (C=O) groups excluding carboxylic acids is 1. The predicted molar refractivity (Wildman–Crippen MR) is 61.7 cm³/mol. The fraction of sp³-hybridized carbons (Fsp3) is 0.154. The first kappa shape index (κ1) is 11.2. The summed E-state index contributed by atoms with van der Waals surface area (Å²) >= 11 is 0. The molecule has 0 saturated carbocycles. The van der Waals surface area contributed by atoms with E-state index in [1.807, 2.05) is 38.1 Å². The molecule has 2 heteroatoms. The molecule has 0 amide bonds. The molecule has 1 aromatic rings. The molecule has 15 heavy (non-hydrogen) atoms. The monoisotopic (exact) mass is 202 g/mol. The third-order valence-corrected chi connectivity index (χ3v) is 2.02. The standard InChI is InChI=1S/C13H14O2/c1-4-5-11(3)12-8-10(2)6-7-13(12)15-9-14/h4-9H,3H2,1-2H3. The van der Waals surface area contributed by atoms with Gasteiger partial charge in [-0.1, -0.05) is 30.4 Å². The molecule has 0 N–H and O–H groups in total. The molecule has 0 saturated heterocycles. The molecule has 0 aromatic heterocycles. The van der Waals surface area contributed by atoms with Gasteiger partial charge >= 0.3 is 0 Å². The topological polar surface area (TPSA) is 26.3 Å². The zero-order valence-electron chi connectivity index (χ0n) is 8.99. The second kappa shape index (κ2) is 5.15. The Bertz CT molecular complexity index is 403. The van der Waals surface area contributed by atoms with Gasteiger partial charge in [0.2, 0.25) is 0 Å². The van der Waals surface area contributed by atoms with Crippen LogP contribution in [0, 0.1) is 6.92 Å². The lowest BCUT2D eigenvalue weighted by molar-refractivity contribution is -0.120. The van der Waals surface area contributed by atoms with Crippen molar-refractivity contribution in [1.29, 1.82) is 0 Å². The van der Waals surface area contributed by atoms with Crippen LogP contribution < -0.4 is 4.74 Å². The molecular formula is C13H14O2. The van der Waals surface area contributed by atoms with Crippen LogP contribution in [0.15, 0.2) is 36.9 Å². The molecule has 0 radical (unpaired) electrons. The van der Waals surface area contributed by atoms with Crippen molar-refractivity contribution in [2.75, 3.05) is 0 Å². The Labute approximate surface area is 89.9 Å². The Kier molecular flexibility index (Phi) is 3.86. The summed E-state index contributed by atoms with van der Waals surface area (Å²) in [4.78, 5) is 10.3. The Morgan fingerprint density at radius 2 is 2.20 bits per heavy atom. The first-order chi connectivity index (χ1) is 7.19. The number of benzene rings is 1. The molecule has 0 aliphatic heterocycles. The number of carbonyl (C=O) groups is 1. The molecule has 0 heterocycles. The van der Waals surface area contributed by atoms with Gasteiger partial charge in [-0.15, -0.1) is 0 Å². The number of hydrogen-bond acceptors (Lipinski definition) is 2. The third kappa shape index (κ3) is 2.81. The van der Waals surface area contributed by atoms with Crippen LogP contribution in [0.1, 0.15) is 18.1 Å². The van der Waals surface area contributed by atoms with Crippen LogP contribution in [0.3, 0.4) is 0 Å². The minimum atomic E-state index is 0.428. The normalized spacial score (nSPS) is 10.3. The van der Waals surface area contributed by atoms with Gasteiger partial charge < -0.3 is 4.74 Å². The van der Waals surface area contributed by atoms with E-state index in [4.69, 9.17) is 4.74 Å². The van der Waals surface area contributed by atoms with Crippen molar-refractivity contribution in [3.8, 4) is 5.75 Å². The fourth-order valence-corrected chi connectivity index (χ4v) is 1.34. The van der Waals surface area contributed by atoms with Crippen molar-refractivity contribution in [2.24, 2.45) is 0 Å². The van der Waals surface area contributed by atoms with Gasteiger partial charge in [0.15, 0.2) is 0 Å². The van der Waals surface area contributed by atoms with E-state index in [1.165, 1.54) is 0 Å². The summed E-state index contributed by atoms with van der Waals surface area (Å²) < 4.78 is 4.88. The van der Waals surface area contributed by atoms with Gasteiger partial charge in [0.1, 0.15) is 5.75 Å². The quantitative estimate of drug-likeness (QED) is 0.554. The van der Waals surface area contributed by atoms with E-state index in [0.717, 1.165) is 16.7 Å². The van der Waals surface area contributed by atoms with E-state index in [0.29, 0.717) is 12.2 Å². The molecule has 1 rings (SSSR count). The number of ether oxygens (including phenoxy) is 1. The average Bonchev–Trinajstić information content (AvgIpc) is 2.21. The maximum absolute atomic E-state index is 10.3. The van der Waals surface area contributed by atoms with Crippen molar-refractivity contribution < 1.29 is 9.53 Å². The number of allylic oxidation sites excluding steroid dienone is 3. The van der Waals surface area contributed by atoms with Gasteiger partial charge in [-0.25, -0.2) is 0 Å². The molecule has 0 bridgehead atoms. The highest BCUT2D eigenvalue weighted by molar-refractivity contribution is 5.77. The van der Waals surface area contributed by atoms with Gasteiger partial charge in [0, 0.05) is 5.56 Å². The van der Waals surface area contributed by atoms with E-state index in [1.54, 1.807) is 6.07 Å². The number of hydrogen-bond donors (Lipinski definition) is 0. The average molecular weight is 202 g/mol. The Morgan fingerprint density at radius 3 is 2.80 bits per heavy atom. The summed E-state index contributed by atoms with van der Waals surface area (Å²) in [6, 6.07) is 5.61. The lowest BCUT2D eigenvalue weighted by atomic mass is 10.0. The first-order valence-corrected chi connectivity index (χ1v) is 4.72. The summed E-state index contributed by atoms with van der Waals surface area (Å²) in [5, 5.41) is 0. The molecular weight excluding hydrogens is 188 g/mol. The minimum Gasteiger partial charge on any atom is -0.428 e. The van der Waals surface area contributed by atoms with E-state index < -0.39 is 0 Å². The summed E-state index contributed by atoms with van der Waals surface area (Å²) in [6.07, 6.45) is 3.78.